The molecule has 0 saturated carbocycles. The molecule has 0 aliphatic carbocycles. The van der Waals surface area contributed by atoms with Crippen LogP contribution < -0.4 is 0 Å². The molecule has 1 aromatic heterocycles. The summed E-state index contributed by atoms with van der Waals surface area (Å²) in [5.74, 6) is -0.677. The van der Waals surface area contributed by atoms with Gasteiger partial charge in [0.15, 0.2) is 0 Å². The van der Waals surface area contributed by atoms with E-state index in [-0.39, 0.29) is 12.6 Å². The Bertz CT molecular complexity index is 610. The van der Waals surface area contributed by atoms with E-state index in [0.717, 1.165) is 0 Å². The van der Waals surface area contributed by atoms with Gasteiger partial charge in [-0.05, 0) is 24.3 Å². The molecule has 108 valence electrons. The quantitative estimate of drug-likeness (QED) is 0.641. The first-order valence-electron chi connectivity index (χ1n) is 6.06. The highest BCUT2D eigenvalue weighted by atomic mass is 16.5. The summed E-state index contributed by atoms with van der Waals surface area (Å²) in [7, 11) is 0. The third kappa shape index (κ3) is 4.53. The first kappa shape index (κ1) is 14.4. The molecule has 0 spiro atoms. The minimum atomic E-state index is -1.22. The minimum Gasteiger partial charge on any atom is -0.463 e. The van der Waals surface area contributed by atoms with Crippen molar-refractivity contribution in [1.82, 2.24) is 20.6 Å². The fourth-order valence-corrected chi connectivity index (χ4v) is 1.26. The maximum absolute atomic E-state index is 11.7. The van der Waals surface area contributed by atoms with E-state index in [2.05, 4.69) is 41.1 Å². The van der Waals surface area contributed by atoms with Gasteiger partial charge >= 0.3 is 11.9 Å². The number of carbonyl (C=O) groups is 1. The number of nitrogens with one attached hydrogen (secondary N) is 1. The van der Waals surface area contributed by atoms with Gasteiger partial charge in [0.1, 0.15) is 0 Å². The van der Waals surface area contributed by atoms with Crippen molar-refractivity contribution in [3.05, 3.63) is 30.3 Å². The van der Waals surface area contributed by atoms with Gasteiger partial charge < -0.3 is 4.74 Å². The second-order valence-corrected chi connectivity index (χ2v) is 3.60. The number of hydrogen-bond acceptors (Lipinski definition) is 9. The van der Waals surface area contributed by atoms with Crippen LogP contribution in [0.3, 0.4) is 0 Å². The van der Waals surface area contributed by atoms with Gasteiger partial charge in [-0.3, -0.25) is 0 Å². The van der Waals surface area contributed by atoms with Crippen LogP contribution in [0, 0.1) is 0 Å². The smallest absolute Gasteiger partial charge is 0.357 e. The molecular weight excluding hydrogens is 276 g/mol. The predicted octanol–water partition coefficient (Wildman–Crippen LogP) is 1.96. The lowest BCUT2D eigenvalue weighted by atomic mass is 10.3. The standard InChI is InChI=1S/C11H12N8O2/c1-2-21-10(20)9(14-15-11-16-18-19-17-11)13-12-8-6-4-3-5-7-8/h3-7,9H,2H2,1H3,(H,16,17,18,19). The second kappa shape index (κ2) is 7.53. The number of benzene rings is 1. The third-order valence-corrected chi connectivity index (χ3v) is 2.13. The van der Waals surface area contributed by atoms with E-state index in [1.54, 1.807) is 31.2 Å². The van der Waals surface area contributed by atoms with E-state index in [0.29, 0.717) is 5.69 Å². The molecule has 0 aliphatic rings. The molecule has 10 nitrogen and oxygen atoms in total. The van der Waals surface area contributed by atoms with Gasteiger partial charge in [0.05, 0.1) is 12.3 Å². The van der Waals surface area contributed by atoms with Crippen molar-refractivity contribution >= 4 is 17.6 Å². The highest BCUT2D eigenvalue weighted by Gasteiger charge is 2.18. The van der Waals surface area contributed by atoms with Crippen LogP contribution in [-0.2, 0) is 9.53 Å². The predicted molar refractivity (Wildman–Crippen MR) is 70.1 cm³/mol. The molecule has 1 atom stereocenters. The van der Waals surface area contributed by atoms with Crippen molar-refractivity contribution < 1.29 is 9.53 Å². The average molecular weight is 288 g/mol. The van der Waals surface area contributed by atoms with E-state index in [1.807, 2.05) is 6.07 Å². The van der Waals surface area contributed by atoms with Crippen molar-refractivity contribution in [2.75, 3.05) is 6.61 Å². The topological polar surface area (TPSA) is 130 Å². The molecule has 0 fully saturated rings. The van der Waals surface area contributed by atoms with Crippen LogP contribution in [0.1, 0.15) is 6.92 Å². The number of rotatable bonds is 6. The molecule has 1 N–H and O–H groups in total. The van der Waals surface area contributed by atoms with Crippen LogP contribution in [0.2, 0.25) is 0 Å². The van der Waals surface area contributed by atoms with Crippen molar-refractivity contribution in [2.24, 2.45) is 20.5 Å². The summed E-state index contributed by atoms with van der Waals surface area (Å²) in [5, 5.41) is 27.8. The first-order valence-corrected chi connectivity index (χ1v) is 6.06. The van der Waals surface area contributed by atoms with Gasteiger partial charge in [-0.15, -0.1) is 20.4 Å². The molecule has 0 bridgehead atoms. The molecule has 2 rings (SSSR count). The lowest BCUT2D eigenvalue weighted by Gasteiger charge is -2.03. The van der Waals surface area contributed by atoms with Crippen LogP contribution in [0.15, 0.2) is 50.8 Å². The Kier molecular flexibility index (Phi) is 5.15. The minimum absolute atomic E-state index is 0.0146. The Morgan fingerprint density at radius 1 is 1.29 bits per heavy atom. The summed E-state index contributed by atoms with van der Waals surface area (Å²) in [5.41, 5.74) is 0.585. The number of carbonyl (C=O) groups excluding carboxylic acids is 1. The normalized spacial score (nSPS) is 12.8. The molecule has 1 aromatic carbocycles. The second-order valence-electron chi connectivity index (χ2n) is 3.60. The van der Waals surface area contributed by atoms with Gasteiger partial charge in [-0.1, -0.05) is 23.3 Å². The summed E-state index contributed by atoms with van der Waals surface area (Å²) in [4.78, 5) is 11.7. The Balaban J connectivity index is 2.12. The van der Waals surface area contributed by atoms with Crippen molar-refractivity contribution in [1.29, 1.82) is 0 Å². The fourth-order valence-electron chi connectivity index (χ4n) is 1.26. The monoisotopic (exact) mass is 288 g/mol. The van der Waals surface area contributed by atoms with Crippen LogP contribution in [-0.4, -0.2) is 39.4 Å². The molecule has 21 heavy (non-hydrogen) atoms. The number of nitrogens with zero attached hydrogens (tertiary/aromatic N) is 7. The van der Waals surface area contributed by atoms with Gasteiger partial charge in [-0.2, -0.15) is 10.3 Å². The summed E-state index contributed by atoms with van der Waals surface area (Å²) < 4.78 is 4.85. The molecular formula is C11H12N8O2. The van der Waals surface area contributed by atoms with Gasteiger partial charge in [0.2, 0.25) is 0 Å². The number of aromatic nitrogens is 4. The third-order valence-electron chi connectivity index (χ3n) is 2.13. The Morgan fingerprint density at radius 3 is 2.71 bits per heavy atom. The number of tetrazole rings is 1. The van der Waals surface area contributed by atoms with E-state index < -0.39 is 12.1 Å². The van der Waals surface area contributed by atoms with Crippen LogP contribution in [0.4, 0.5) is 11.6 Å². The van der Waals surface area contributed by atoms with Crippen LogP contribution in [0.25, 0.3) is 0 Å². The molecule has 10 heteroatoms. The van der Waals surface area contributed by atoms with E-state index in [9.17, 15) is 4.79 Å². The number of esters is 1. The van der Waals surface area contributed by atoms with Crippen molar-refractivity contribution in [3.8, 4) is 0 Å². The Morgan fingerprint density at radius 2 is 2.05 bits per heavy atom. The highest BCUT2D eigenvalue weighted by molar-refractivity contribution is 5.75. The summed E-state index contributed by atoms with van der Waals surface area (Å²) in [6.45, 7) is 1.88. The number of aromatic amines is 1. The molecule has 1 unspecified atom stereocenters. The zero-order valence-corrected chi connectivity index (χ0v) is 11.1. The number of ether oxygens (including phenoxy) is 1. The van der Waals surface area contributed by atoms with Gasteiger partial charge in [-0.25, -0.2) is 4.79 Å². The molecule has 0 saturated heterocycles. The zero-order chi connectivity index (χ0) is 14.9. The van der Waals surface area contributed by atoms with E-state index in [4.69, 9.17) is 4.74 Å². The largest absolute Gasteiger partial charge is 0.463 e. The van der Waals surface area contributed by atoms with E-state index >= 15 is 0 Å². The maximum Gasteiger partial charge on any atom is 0.357 e. The summed E-state index contributed by atoms with van der Waals surface area (Å²) >= 11 is 0. The number of H-pyrrole nitrogens is 1. The fraction of sp³-hybridized carbons (Fsp3) is 0.273. The maximum atomic E-state index is 11.7. The molecule has 0 radical (unpaired) electrons. The molecule has 0 aliphatic heterocycles. The van der Waals surface area contributed by atoms with Crippen LogP contribution >= 0.6 is 0 Å². The van der Waals surface area contributed by atoms with Crippen molar-refractivity contribution in [3.63, 3.8) is 0 Å². The Labute approximate surface area is 119 Å². The highest BCUT2D eigenvalue weighted by Crippen LogP contribution is 2.13. The van der Waals surface area contributed by atoms with Crippen molar-refractivity contribution in [2.45, 2.75) is 13.1 Å². The molecule has 1 heterocycles. The molecule has 0 amide bonds. The summed E-state index contributed by atoms with van der Waals surface area (Å²) in [6.07, 6.45) is -1.22. The lowest BCUT2D eigenvalue weighted by Crippen LogP contribution is -2.18. The summed E-state index contributed by atoms with van der Waals surface area (Å²) in [6, 6.07) is 8.92. The SMILES string of the molecule is CCOC(=O)C(N=Nc1ccccc1)N=Nc1nn[nH]n1. The number of azo groups is 2. The average Bonchev–Trinajstić information content (AvgIpc) is 3.02. The Hall–Kier alpha value is -3.04. The number of hydrogen-bond donors (Lipinski definition) is 1. The molecule has 2 aromatic rings. The van der Waals surface area contributed by atoms with Gasteiger partial charge in [0.25, 0.3) is 6.17 Å². The first-order chi connectivity index (χ1) is 10.3. The van der Waals surface area contributed by atoms with Crippen LogP contribution in [0.5, 0.6) is 0 Å². The lowest BCUT2D eigenvalue weighted by molar-refractivity contribution is -0.144. The van der Waals surface area contributed by atoms with E-state index in [1.165, 1.54) is 0 Å². The van der Waals surface area contributed by atoms with Gasteiger partial charge in [0, 0.05) is 0 Å². The zero-order valence-electron chi connectivity index (χ0n) is 11.1.